The van der Waals surface area contributed by atoms with Gasteiger partial charge in [0.2, 0.25) is 0 Å². The van der Waals surface area contributed by atoms with Gasteiger partial charge in [-0.3, -0.25) is 0 Å². The SMILES string of the molecule is C=NC(=N/C=C\C)[S+]=O. The zero-order chi connectivity index (χ0) is 7.11. The van der Waals surface area contributed by atoms with E-state index in [-0.39, 0.29) is 16.8 Å². The van der Waals surface area contributed by atoms with E-state index < -0.39 is 0 Å². The number of hydrogen-bond acceptors (Lipinski definition) is 2. The molecule has 4 heteroatoms. The maximum absolute atomic E-state index is 9.99. The summed E-state index contributed by atoms with van der Waals surface area (Å²) in [5, 5.41) is 0.146. The third-order valence-corrected chi connectivity index (χ3v) is 0.927. The second-order valence-electron chi connectivity index (χ2n) is 1.14. The lowest BCUT2D eigenvalue weighted by Gasteiger charge is -1.67. The van der Waals surface area contributed by atoms with Gasteiger partial charge >= 0.3 is 16.8 Å². The second-order valence-corrected chi connectivity index (χ2v) is 1.67. The van der Waals surface area contributed by atoms with Gasteiger partial charge in [0.05, 0.1) is 0 Å². The van der Waals surface area contributed by atoms with Crippen molar-refractivity contribution < 1.29 is 4.21 Å². The summed E-state index contributed by atoms with van der Waals surface area (Å²) in [6, 6.07) is 0. The van der Waals surface area contributed by atoms with E-state index >= 15 is 0 Å². The number of rotatable bonds is 1. The van der Waals surface area contributed by atoms with E-state index in [0.717, 1.165) is 0 Å². The molecule has 0 aromatic rings. The van der Waals surface area contributed by atoms with Crippen molar-refractivity contribution in [2.75, 3.05) is 0 Å². The van der Waals surface area contributed by atoms with Crippen LogP contribution in [0.25, 0.3) is 0 Å². The highest BCUT2D eigenvalue weighted by Crippen LogP contribution is 1.79. The molecule has 0 heterocycles. The summed E-state index contributed by atoms with van der Waals surface area (Å²) in [7, 11) is 0. The average Bonchev–Trinajstić information content (AvgIpc) is 1.91. The van der Waals surface area contributed by atoms with Gasteiger partial charge in [-0.2, -0.15) is 9.98 Å². The van der Waals surface area contributed by atoms with Crippen LogP contribution in [0.1, 0.15) is 6.92 Å². The molecule has 0 aromatic carbocycles. The van der Waals surface area contributed by atoms with Crippen LogP contribution in [0.4, 0.5) is 0 Å². The average molecular weight is 143 g/mol. The van der Waals surface area contributed by atoms with E-state index in [1.807, 2.05) is 0 Å². The first-order valence-corrected chi connectivity index (χ1v) is 3.04. The van der Waals surface area contributed by atoms with Gasteiger partial charge in [-0.25, -0.2) is 0 Å². The van der Waals surface area contributed by atoms with Gasteiger partial charge in [-0.1, -0.05) is 6.08 Å². The van der Waals surface area contributed by atoms with E-state index in [0.29, 0.717) is 0 Å². The Kier molecular flexibility index (Phi) is 4.72. The summed E-state index contributed by atoms with van der Waals surface area (Å²) in [5.41, 5.74) is 0. The molecule has 0 bridgehead atoms. The fourth-order valence-electron chi connectivity index (χ4n) is 0.227. The van der Waals surface area contributed by atoms with Crippen molar-refractivity contribution in [3.8, 4) is 0 Å². The predicted molar refractivity (Wildman–Crippen MR) is 39.8 cm³/mol. The largest absolute Gasteiger partial charge is 0.550 e. The van der Waals surface area contributed by atoms with Crippen molar-refractivity contribution in [1.29, 1.82) is 0 Å². The van der Waals surface area contributed by atoms with Gasteiger partial charge in [0.1, 0.15) is 0 Å². The first kappa shape index (κ1) is 8.10. The number of hydrogen-bond donors (Lipinski definition) is 0. The second kappa shape index (κ2) is 5.24. The highest BCUT2D eigenvalue weighted by molar-refractivity contribution is 7.83. The van der Waals surface area contributed by atoms with Crippen molar-refractivity contribution in [3.05, 3.63) is 12.3 Å². The molecule has 0 aliphatic carbocycles. The van der Waals surface area contributed by atoms with Gasteiger partial charge < -0.3 is 0 Å². The minimum Gasteiger partial charge on any atom is -0.187 e. The summed E-state index contributed by atoms with van der Waals surface area (Å²) < 4.78 is 9.99. The topological polar surface area (TPSA) is 41.8 Å². The lowest BCUT2D eigenvalue weighted by atomic mass is 10.7. The molecule has 9 heavy (non-hydrogen) atoms. The Morgan fingerprint density at radius 2 is 2.44 bits per heavy atom. The van der Waals surface area contributed by atoms with Crippen LogP contribution in [-0.4, -0.2) is 11.9 Å². The Morgan fingerprint density at radius 1 is 1.78 bits per heavy atom. The molecule has 0 rings (SSSR count). The molecule has 0 N–H and O–H groups in total. The van der Waals surface area contributed by atoms with E-state index in [1.54, 1.807) is 13.0 Å². The molecular weight excluding hydrogens is 136 g/mol. The normalized spacial score (nSPS) is 11.9. The standard InChI is InChI=1S/C5H7N2OS/c1-3-4-7-5(6-2)9-8/h3-4H,2H2,1H3/q+1/b4-3-,7-5?. The van der Waals surface area contributed by atoms with Crippen molar-refractivity contribution >= 4 is 23.6 Å². The molecule has 0 aromatic heterocycles. The molecule has 0 radical (unpaired) electrons. The van der Waals surface area contributed by atoms with E-state index in [2.05, 4.69) is 16.7 Å². The number of nitrogens with zero attached hydrogens (tertiary/aromatic N) is 2. The monoisotopic (exact) mass is 143 g/mol. The van der Waals surface area contributed by atoms with Crippen LogP contribution >= 0.6 is 0 Å². The molecule has 0 saturated carbocycles. The number of allylic oxidation sites excluding steroid dienone is 1. The van der Waals surface area contributed by atoms with Crippen LogP contribution in [-0.2, 0) is 15.9 Å². The Hall–Kier alpha value is -0.900. The molecule has 48 valence electrons. The van der Waals surface area contributed by atoms with Gasteiger partial charge in [-0.05, 0) is 13.6 Å². The van der Waals surface area contributed by atoms with E-state index in [4.69, 9.17) is 0 Å². The number of amidine groups is 1. The van der Waals surface area contributed by atoms with Crippen LogP contribution in [0.15, 0.2) is 22.3 Å². The van der Waals surface area contributed by atoms with Crippen LogP contribution < -0.4 is 0 Å². The molecule has 0 fully saturated rings. The molecule has 0 aliphatic heterocycles. The predicted octanol–water partition coefficient (Wildman–Crippen LogP) is 1.00. The molecule has 0 unspecified atom stereocenters. The first-order valence-electron chi connectivity index (χ1n) is 2.30. The fraction of sp³-hybridized carbons (Fsp3) is 0.200. The Morgan fingerprint density at radius 3 is 2.78 bits per heavy atom. The maximum atomic E-state index is 9.99. The number of aliphatic imine (C=N–C) groups is 2. The molecule has 0 amide bonds. The van der Waals surface area contributed by atoms with Gasteiger partial charge in [0.25, 0.3) is 0 Å². The zero-order valence-corrected chi connectivity index (χ0v) is 5.89. The Balaban J connectivity index is 4.06. The van der Waals surface area contributed by atoms with Crippen LogP contribution in [0.5, 0.6) is 0 Å². The van der Waals surface area contributed by atoms with Crippen molar-refractivity contribution in [3.63, 3.8) is 0 Å². The highest BCUT2D eigenvalue weighted by atomic mass is 32.1. The van der Waals surface area contributed by atoms with Crippen molar-refractivity contribution in [2.24, 2.45) is 9.98 Å². The fourth-order valence-corrected chi connectivity index (χ4v) is 0.384. The van der Waals surface area contributed by atoms with Gasteiger partial charge in [0, 0.05) is 10.4 Å². The highest BCUT2D eigenvalue weighted by Gasteiger charge is 2.07. The Bertz CT molecular complexity index is 152. The van der Waals surface area contributed by atoms with E-state index in [9.17, 15) is 4.21 Å². The lowest BCUT2D eigenvalue weighted by molar-refractivity contribution is 0.609. The minimum absolute atomic E-state index is 0.146. The maximum Gasteiger partial charge on any atom is 0.550 e. The smallest absolute Gasteiger partial charge is 0.187 e. The summed E-state index contributed by atoms with van der Waals surface area (Å²) in [4.78, 5) is 6.98. The minimum atomic E-state index is 0.146. The Labute approximate surface area is 57.7 Å². The zero-order valence-electron chi connectivity index (χ0n) is 5.07. The molecule has 0 saturated heterocycles. The summed E-state index contributed by atoms with van der Waals surface area (Å²) >= 11 is 0.229. The third kappa shape index (κ3) is 3.66. The van der Waals surface area contributed by atoms with Crippen LogP contribution in [0.3, 0.4) is 0 Å². The summed E-state index contributed by atoms with van der Waals surface area (Å²) in [5.74, 6) is 0. The summed E-state index contributed by atoms with van der Waals surface area (Å²) in [6.07, 6.45) is 3.20. The van der Waals surface area contributed by atoms with E-state index in [1.165, 1.54) is 6.20 Å². The lowest BCUT2D eigenvalue weighted by Crippen LogP contribution is -1.85. The molecule has 3 nitrogen and oxygen atoms in total. The van der Waals surface area contributed by atoms with Crippen molar-refractivity contribution in [1.82, 2.24) is 0 Å². The van der Waals surface area contributed by atoms with Crippen LogP contribution in [0.2, 0.25) is 0 Å². The van der Waals surface area contributed by atoms with Crippen LogP contribution in [0, 0.1) is 0 Å². The van der Waals surface area contributed by atoms with Crippen molar-refractivity contribution in [2.45, 2.75) is 6.92 Å². The van der Waals surface area contributed by atoms with Gasteiger partial charge in [0.15, 0.2) is 0 Å². The molecule has 0 atom stereocenters. The third-order valence-electron chi connectivity index (χ3n) is 0.544. The summed E-state index contributed by atoms with van der Waals surface area (Å²) in [6.45, 7) is 4.95. The molecular formula is C5H7N2OS+. The molecule has 0 spiro atoms. The van der Waals surface area contributed by atoms with Gasteiger partial charge in [-0.15, -0.1) is 0 Å². The quantitative estimate of drug-likeness (QED) is 0.307. The molecule has 0 aliphatic rings. The first-order chi connectivity index (χ1) is 4.35.